The summed E-state index contributed by atoms with van der Waals surface area (Å²) < 4.78 is 14.2. The second kappa shape index (κ2) is 7.09. The van der Waals surface area contributed by atoms with Gasteiger partial charge in [-0.05, 0) is 42.9 Å². The first-order chi connectivity index (χ1) is 10.4. The van der Waals surface area contributed by atoms with E-state index in [0.29, 0.717) is 24.2 Å². The van der Waals surface area contributed by atoms with Gasteiger partial charge < -0.3 is 15.3 Å². The number of aliphatic hydroxyl groups excluding tert-OH is 1. The molecule has 0 saturated carbocycles. The monoisotopic (exact) mass is 308 g/mol. The summed E-state index contributed by atoms with van der Waals surface area (Å²) in [5, 5.41) is 11.8. The van der Waals surface area contributed by atoms with E-state index < -0.39 is 0 Å². The van der Waals surface area contributed by atoms with Crippen LogP contribution in [0.25, 0.3) is 0 Å². The molecule has 0 bridgehead atoms. The normalized spacial score (nSPS) is 15.2. The summed E-state index contributed by atoms with van der Waals surface area (Å²) in [5.74, 6) is -0.623. The second-order valence-electron chi connectivity index (χ2n) is 6.68. The number of carbonyl (C=O) groups is 1. The molecule has 22 heavy (non-hydrogen) atoms. The molecule has 5 heteroatoms. The summed E-state index contributed by atoms with van der Waals surface area (Å²) in [5.41, 5.74) is 0.730. The van der Waals surface area contributed by atoms with Crippen molar-refractivity contribution in [1.82, 2.24) is 5.32 Å². The van der Waals surface area contributed by atoms with Gasteiger partial charge in [0.15, 0.2) is 0 Å². The minimum absolute atomic E-state index is 0.0853. The van der Waals surface area contributed by atoms with Crippen LogP contribution in [0.4, 0.5) is 10.1 Å². The molecule has 1 aliphatic heterocycles. The molecule has 4 nitrogen and oxygen atoms in total. The van der Waals surface area contributed by atoms with Crippen molar-refractivity contribution < 1.29 is 14.3 Å². The number of halogens is 1. The lowest BCUT2D eigenvalue weighted by molar-refractivity contribution is 0.0928. The molecule has 0 spiro atoms. The highest BCUT2D eigenvalue weighted by Gasteiger charge is 2.20. The molecule has 0 aliphatic carbocycles. The molecule has 122 valence electrons. The van der Waals surface area contributed by atoms with Gasteiger partial charge in [-0.25, -0.2) is 4.39 Å². The van der Waals surface area contributed by atoms with Crippen LogP contribution in [-0.2, 0) is 0 Å². The van der Waals surface area contributed by atoms with Crippen LogP contribution in [0.5, 0.6) is 0 Å². The zero-order chi connectivity index (χ0) is 16.2. The zero-order valence-electron chi connectivity index (χ0n) is 13.4. The quantitative estimate of drug-likeness (QED) is 0.849. The third-order valence-corrected chi connectivity index (χ3v) is 4.17. The van der Waals surface area contributed by atoms with Crippen LogP contribution in [0.3, 0.4) is 0 Å². The summed E-state index contributed by atoms with van der Waals surface area (Å²) in [7, 11) is 0. The maximum Gasteiger partial charge on any atom is 0.251 e. The minimum atomic E-state index is -0.343. The van der Waals surface area contributed by atoms with Gasteiger partial charge in [0, 0.05) is 31.8 Å². The smallest absolute Gasteiger partial charge is 0.251 e. The number of hydrogen-bond acceptors (Lipinski definition) is 3. The Morgan fingerprint density at radius 3 is 2.64 bits per heavy atom. The average molecular weight is 308 g/mol. The number of nitrogens with one attached hydrogen (secondary N) is 1. The number of hydrogen-bond donors (Lipinski definition) is 2. The van der Waals surface area contributed by atoms with Crippen LogP contribution >= 0.6 is 0 Å². The first kappa shape index (κ1) is 16.7. The molecule has 1 amide bonds. The van der Waals surface area contributed by atoms with Gasteiger partial charge in [0.25, 0.3) is 5.91 Å². The first-order valence-electron chi connectivity index (χ1n) is 7.86. The molecule has 1 saturated heterocycles. The highest BCUT2D eigenvalue weighted by Crippen LogP contribution is 2.24. The van der Waals surface area contributed by atoms with Gasteiger partial charge in [0.05, 0.1) is 5.69 Å². The molecule has 0 atom stereocenters. The van der Waals surface area contributed by atoms with Crippen LogP contribution in [0, 0.1) is 11.2 Å². The predicted molar refractivity (Wildman–Crippen MR) is 85.7 cm³/mol. The van der Waals surface area contributed by atoms with Crippen molar-refractivity contribution in [3.05, 3.63) is 29.6 Å². The molecule has 0 radical (unpaired) electrons. The van der Waals surface area contributed by atoms with E-state index in [9.17, 15) is 9.18 Å². The molecule has 1 heterocycles. The molecule has 0 unspecified atom stereocenters. The van der Waals surface area contributed by atoms with Crippen molar-refractivity contribution in [2.45, 2.75) is 33.1 Å². The first-order valence-corrected chi connectivity index (χ1v) is 7.86. The molecule has 1 fully saturated rings. The average Bonchev–Trinajstić information content (AvgIpc) is 2.98. The molecular formula is C17H25FN2O2. The number of aliphatic hydroxyl groups is 1. The van der Waals surface area contributed by atoms with Crippen molar-refractivity contribution in [1.29, 1.82) is 0 Å². The lowest BCUT2D eigenvalue weighted by Crippen LogP contribution is -2.34. The minimum Gasteiger partial charge on any atom is -0.396 e. The standard InChI is InChI=1S/C17H25FN2O2/c1-17(2,7-10-21)12-19-16(22)13-5-6-15(14(18)11-13)20-8-3-4-9-20/h5-6,11,21H,3-4,7-10,12H2,1-2H3,(H,19,22). The maximum atomic E-state index is 14.2. The Morgan fingerprint density at radius 2 is 2.05 bits per heavy atom. The van der Waals surface area contributed by atoms with Crippen molar-refractivity contribution in [2.75, 3.05) is 31.1 Å². The maximum absolute atomic E-state index is 14.2. The molecule has 2 N–H and O–H groups in total. The van der Waals surface area contributed by atoms with Crippen LogP contribution < -0.4 is 10.2 Å². The number of amides is 1. The Kier molecular flexibility index (Phi) is 5.40. The van der Waals surface area contributed by atoms with Crippen molar-refractivity contribution >= 4 is 11.6 Å². The Morgan fingerprint density at radius 1 is 1.36 bits per heavy atom. The Balaban J connectivity index is 2.00. The summed E-state index contributed by atoms with van der Waals surface area (Å²) in [6, 6.07) is 4.67. The van der Waals surface area contributed by atoms with E-state index in [1.165, 1.54) is 6.07 Å². The summed E-state index contributed by atoms with van der Waals surface area (Å²) in [6.45, 7) is 6.22. The summed E-state index contributed by atoms with van der Waals surface area (Å²) in [6.07, 6.45) is 2.78. The van der Waals surface area contributed by atoms with Crippen LogP contribution in [0.15, 0.2) is 18.2 Å². The lowest BCUT2D eigenvalue weighted by Gasteiger charge is -2.24. The number of rotatable bonds is 6. The summed E-state index contributed by atoms with van der Waals surface area (Å²) in [4.78, 5) is 14.1. The van der Waals surface area contributed by atoms with E-state index >= 15 is 0 Å². The Hall–Kier alpha value is -1.62. The number of benzene rings is 1. The van der Waals surface area contributed by atoms with Crippen LogP contribution in [0.2, 0.25) is 0 Å². The predicted octanol–water partition coefficient (Wildman–Crippen LogP) is 2.56. The number of anilines is 1. The van der Waals surface area contributed by atoms with E-state index in [0.717, 1.165) is 25.9 Å². The van der Waals surface area contributed by atoms with Gasteiger partial charge in [0.2, 0.25) is 0 Å². The van der Waals surface area contributed by atoms with Gasteiger partial charge in [-0.15, -0.1) is 0 Å². The fourth-order valence-electron chi connectivity index (χ4n) is 2.68. The molecular weight excluding hydrogens is 283 g/mol. The summed E-state index contributed by atoms with van der Waals surface area (Å²) >= 11 is 0. The number of carbonyl (C=O) groups excluding carboxylic acids is 1. The third-order valence-electron chi connectivity index (χ3n) is 4.17. The van der Waals surface area contributed by atoms with Crippen LogP contribution in [-0.4, -0.2) is 37.3 Å². The van der Waals surface area contributed by atoms with E-state index in [2.05, 4.69) is 5.32 Å². The topological polar surface area (TPSA) is 52.6 Å². The highest BCUT2D eigenvalue weighted by molar-refractivity contribution is 5.94. The van der Waals surface area contributed by atoms with Crippen molar-refractivity contribution in [3.8, 4) is 0 Å². The van der Waals surface area contributed by atoms with E-state index in [1.54, 1.807) is 12.1 Å². The largest absolute Gasteiger partial charge is 0.396 e. The Labute approximate surface area is 131 Å². The third kappa shape index (κ3) is 4.19. The van der Waals surface area contributed by atoms with E-state index in [1.807, 2.05) is 18.7 Å². The molecule has 1 aromatic carbocycles. The molecule has 0 aromatic heterocycles. The zero-order valence-corrected chi connectivity index (χ0v) is 13.4. The molecule has 1 aromatic rings. The van der Waals surface area contributed by atoms with Gasteiger partial charge >= 0.3 is 0 Å². The number of nitrogens with zero attached hydrogens (tertiary/aromatic N) is 1. The van der Waals surface area contributed by atoms with E-state index in [4.69, 9.17) is 5.11 Å². The lowest BCUT2D eigenvalue weighted by atomic mass is 9.89. The SMILES string of the molecule is CC(C)(CCO)CNC(=O)c1ccc(N2CCCC2)c(F)c1. The van der Waals surface area contributed by atoms with Gasteiger partial charge in [0.1, 0.15) is 5.82 Å². The fraction of sp³-hybridized carbons (Fsp3) is 0.588. The molecule has 2 rings (SSSR count). The highest BCUT2D eigenvalue weighted by atomic mass is 19.1. The van der Waals surface area contributed by atoms with Gasteiger partial charge in [-0.3, -0.25) is 4.79 Å². The van der Waals surface area contributed by atoms with Gasteiger partial charge in [-0.1, -0.05) is 13.8 Å². The Bertz CT molecular complexity index is 525. The fourth-order valence-corrected chi connectivity index (χ4v) is 2.68. The van der Waals surface area contributed by atoms with Crippen molar-refractivity contribution in [2.24, 2.45) is 5.41 Å². The van der Waals surface area contributed by atoms with Gasteiger partial charge in [-0.2, -0.15) is 0 Å². The van der Waals surface area contributed by atoms with E-state index in [-0.39, 0.29) is 23.7 Å². The van der Waals surface area contributed by atoms with Crippen molar-refractivity contribution in [3.63, 3.8) is 0 Å². The van der Waals surface area contributed by atoms with Crippen LogP contribution in [0.1, 0.15) is 43.5 Å². The molecule has 1 aliphatic rings. The second-order valence-corrected chi connectivity index (χ2v) is 6.68.